The second kappa shape index (κ2) is 11.7. The first-order chi connectivity index (χ1) is 16.5. The molecule has 6 heteroatoms. The Kier molecular flexibility index (Phi) is 8.44. The van der Waals surface area contributed by atoms with Crippen molar-refractivity contribution in [3.63, 3.8) is 0 Å². The van der Waals surface area contributed by atoms with Crippen molar-refractivity contribution in [1.82, 2.24) is 15.1 Å². The minimum atomic E-state index is -0.267. The van der Waals surface area contributed by atoms with Crippen LogP contribution in [0.1, 0.15) is 57.1 Å². The predicted octanol–water partition coefficient (Wildman–Crippen LogP) is 5.59. The molecule has 0 bridgehead atoms. The van der Waals surface area contributed by atoms with Crippen LogP contribution in [0.3, 0.4) is 0 Å². The molecule has 4 rings (SSSR count). The van der Waals surface area contributed by atoms with Crippen molar-refractivity contribution in [2.45, 2.75) is 71.1 Å². The molecule has 5 nitrogen and oxygen atoms in total. The number of carbonyl (C=O) groups is 1. The Hall–Kier alpha value is -2.60. The summed E-state index contributed by atoms with van der Waals surface area (Å²) in [4.78, 5) is 18.0. The van der Waals surface area contributed by atoms with Crippen LogP contribution in [0, 0.1) is 11.7 Å². The van der Waals surface area contributed by atoms with E-state index in [1.807, 2.05) is 17.0 Å². The maximum atomic E-state index is 13.4. The van der Waals surface area contributed by atoms with E-state index in [0.717, 1.165) is 55.3 Å². The van der Waals surface area contributed by atoms with Crippen molar-refractivity contribution < 1.29 is 13.9 Å². The van der Waals surface area contributed by atoms with Gasteiger partial charge in [0.1, 0.15) is 11.6 Å². The fourth-order valence-corrected chi connectivity index (χ4v) is 4.62. The lowest BCUT2D eigenvalue weighted by Crippen LogP contribution is -2.46. The van der Waals surface area contributed by atoms with Gasteiger partial charge < -0.3 is 19.9 Å². The van der Waals surface area contributed by atoms with Crippen molar-refractivity contribution >= 4 is 6.03 Å². The third kappa shape index (κ3) is 7.20. The van der Waals surface area contributed by atoms with Crippen molar-refractivity contribution in [1.29, 1.82) is 0 Å². The van der Waals surface area contributed by atoms with Gasteiger partial charge in [-0.3, -0.25) is 0 Å². The highest BCUT2D eigenvalue weighted by atomic mass is 19.1. The lowest BCUT2D eigenvalue weighted by molar-refractivity contribution is 0.161. The number of nitrogens with one attached hydrogen (secondary N) is 1. The summed E-state index contributed by atoms with van der Waals surface area (Å²) in [5.41, 5.74) is 1.99. The van der Waals surface area contributed by atoms with Gasteiger partial charge in [-0.05, 0) is 80.0 Å². The Morgan fingerprint density at radius 1 is 1.03 bits per heavy atom. The van der Waals surface area contributed by atoms with Crippen LogP contribution in [0.5, 0.6) is 5.75 Å². The quantitative estimate of drug-likeness (QED) is 0.523. The fourth-order valence-electron chi connectivity index (χ4n) is 4.62. The lowest BCUT2D eigenvalue weighted by Gasteiger charge is -2.32. The van der Waals surface area contributed by atoms with Crippen LogP contribution in [0.15, 0.2) is 48.5 Å². The largest absolute Gasteiger partial charge is 0.493 e. The van der Waals surface area contributed by atoms with Gasteiger partial charge in [-0.15, -0.1) is 0 Å². The maximum Gasteiger partial charge on any atom is 0.318 e. The number of urea groups is 1. The molecule has 1 saturated heterocycles. The Morgan fingerprint density at radius 2 is 1.74 bits per heavy atom. The monoisotopic (exact) mass is 467 g/mol. The van der Waals surface area contributed by atoms with Gasteiger partial charge in [0.25, 0.3) is 0 Å². The molecule has 2 aliphatic rings. The van der Waals surface area contributed by atoms with Crippen LogP contribution in [-0.4, -0.2) is 47.6 Å². The average Bonchev–Trinajstić information content (AvgIpc) is 3.68. The van der Waals surface area contributed by atoms with Gasteiger partial charge in [0.15, 0.2) is 0 Å². The summed E-state index contributed by atoms with van der Waals surface area (Å²) in [5, 5.41) is 3.07. The first-order valence-electron chi connectivity index (χ1n) is 12.7. The molecule has 1 aliphatic carbocycles. The van der Waals surface area contributed by atoms with E-state index in [2.05, 4.69) is 36.2 Å². The molecule has 2 aromatic carbocycles. The SMILES string of the molecule is CC(C)COc1ccc(CN(C(=O)NCc2ccc(F)cc2)[C@H]2CCCN(C3CC3)CC2)cc1. The topological polar surface area (TPSA) is 44.8 Å². The first kappa shape index (κ1) is 24.5. The standard InChI is InChI=1S/C28H38FN3O2/c1-21(2)20-34-27-13-7-23(8-14-27)19-32(26-4-3-16-31(17-15-26)25-11-12-25)28(33)30-18-22-5-9-24(29)10-6-22/h5-10,13-14,21,25-26H,3-4,11-12,15-20H2,1-2H3,(H,30,33)/t26-/m0/s1. The Morgan fingerprint density at radius 3 is 2.41 bits per heavy atom. The van der Waals surface area contributed by atoms with Crippen molar-refractivity contribution in [3.05, 3.63) is 65.5 Å². The number of carbonyl (C=O) groups excluding carboxylic acids is 1. The number of likely N-dealkylation sites (tertiary alicyclic amines) is 1. The summed E-state index contributed by atoms with van der Waals surface area (Å²) >= 11 is 0. The number of hydrogen-bond acceptors (Lipinski definition) is 3. The van der Waals surface area contributed by atoms with Crippen molar-refractivity contribution in [2.24, 2.45) is 5.92 Å². The van der Waals surface area contributed by atoms with Gasteiger partial charge in [-0.2, -0.15) is 0 Å². The summed E-state index contributed by atoms with van der Waals surface area (Å²) in [5.74, 6) is 1.07. The van der Waals surface area contributed by atoms with Crippen LogP contribution in [0.25, 0.3) is 0 Å². The molecule has 1 saturated carbocycles. The third-order valence-corrected chi connectivity index (χ3v) is 6.71. The highest BCUT2D eigenvalue weighted by molar-refractivity contribution is 5.74. The molecule has 1 aliphatic heterocycles. The molecule has 0 unspecified atom stereocenters. The minimum Gasteiger partial charge on any atom is -0.493 e. The number of rotatable bonds is 9. The molecular weight excluding hydrogens is 429 g/mol. The smallest absolute Gasteiger partial charge is 0.318 e. The number of hydrogen-bond donors (Lipinski definition) is 1. The van der Waals surface area contributed by atoms with Crippen LogP contribution in [-0.2, 0) is 13.1 Å². The number of nitrogens with zero attached hydrogens (tertiary/aromatic N) is 2. The summed E-state index contributed by atoms with van der Waals surface area (Å²) in [6, 6.07) is 15.3. The zero-order chi connectivity index (χ0) is 23.9. The zero-order valence-electron chi connectivity index (χ0n) is 20.5. The molecule has 1 heterocycles. The van der Waals surface area contributed by atoms with E-state index < -0.39 is 0 Å². The van der Waals surface area contributed by atoms with Gasteiger partial charge in [-0.1, -0.05) is 38.1 Å². The molecule has 0 aromatic heterocycles. The van der Waals surface area contributed by atoms with Crippen LogP contribution in [0.2, 0.25) is 0 Å². The highest BCUT2D eigenvalue weighted by Gasteiger charge is 2.32. The summed E-state index contributed by atoms with van der Waals surface area (Å²) in [6.45, 7) is 8.10. The van der Waals surface area contributed by atoms with Gasteiger partial charge in [0, 0.05) is 31.7 Å². The Labute approximate surface area is 203 Å². The van der Waals surface area contributed by atoms with Crippen LogP contribution >= 0.6 is 0 Å². The normalized spacial score (nSPS) is 19.0. The minimum absolute atomic E-state index is 0.0608. The second-order valence-electron chi connectivity index (χ2n) is 10.1. The van der Waals surface area contributed by atoms with E-state index >= 15 is 0 Å². The summed E-state index contributed by atoms with van der Waals surface area (Å²) < 4.78 is 19.1. The van der Waals surface area contributed by atoms with Crippen LogP contribution in [0.4, 0.5) is 9.18 Å². The highest BCUT2D eigenvalue weighted by Crippen LogP contribution is 2.30. The zero-order valence-corrected chi connectivity index (χ0v) is 20.5. The molecule has 1 atom stereocenters. The fraction of sp³-hybridized carbons (Fsp3) is 0.536. The van der Waals surface area contributed by atoms with Gasteiger partial charge >= 0.3 is 6.03 Å². The summed E-state index contributed by atoms with van der Waals surface area (Å²) in [6.07, 6.45) is 5.76. The van der Waals surface area contributed by atoms with E-state index in [0.29, 0.717) is 25.6 Å². The first-order valence-corrected chi connectivity index (χ1v) is 12.7. The molecule has 34 heavy (non-hydrogen) atoms. The van der Waals surface area contributed by atoms with E-state index in [9.17, 15) is 9.18 Å². The predicted molar refractivity (Wildman–Crippen MR) is 133 cm³/mol. The molecule has 0 spiro atoms. The lowest BCUT2D eigenvalue weighted by atomic mass is 10.1. The van der Waals surface area contributed by atoms with Crippen molar-refractivity contribution in [3.8, 4) is 5.75 Å². The van der Waals surface area contributed by atoms with Gasteiger partial charge in [-0.25, -0.2) is 9.18 Å². The second-order valence-corrected chi connectivity index (χ2v) is 10.1. The molecule has 2 fully saturated rings. The van der Waals surface area contributed by atoms with E-state index in [1.165, 1.54) is 25.0 Å². The molecule has 2 aromatic rings. The molecule has 1 N–H and O–H groups in total. The number of ether oxygens (including phenoxy) is 1. The van der Waals surface area contributed by atoms with E-state index in [-0.39, 0.29) is 17.9 Å². The summed E-state index contributed by atoms with van der Waals surface area (Å²) in [7, 11) is 0. The molecule has 184 valence electrons. The third-order valence-electron chi connectivity index (χ3n) is 6.71. The average molecular weight is 468 g/mol. The van der Waals surface area contributed by atoms with Crippen molar-refractivity contribution in [2.75, 3.05) is 19.7 Å². The van der Waals surface area contributed by atoms with Crippen LogP contribution < -0.4 is 10.1 Å². The number of benzene rings is 2. The van der Waals surface area contributed by atoms with Gasteiger partial charge in [0.2, 0.25) is 0 Å². The molecular formula is C28H38FN3O2. The maximum absolute atomic E-state index is 13.4. The molecule has 0 radical (unpaired) electrons. The molecule has 2 amide bonds. The van der Waals surface area contributed by atoms with Gasteiger partial charge in [0.05, 0.1) is 6.61 Å². The van der Waals surface area contributed by atoms with E-state index in [4.69, 9.17) is 4.74 Å². The van der Waals surface area contributed by atoms with E-state index in [1.54, 1.807) is 12.1 Å². The Balaban J connectivity index is 1.42. The Bertz CT molecular complexity index is 912. The number of halogens is 1. The number of amides is 2.